The monoisotopic (exact) mass is 402 g/mol. The number of ketones is 1. The molecule has 0 aliphatic rings. The fourth-order valence-electron chi connectivity index (χ4n) is 2.50. The van der Waals surface area contributed by atoms with Crippen molar-refractivity contribution in [1.29, 1.82) is 0 Å². The van der Waals surface area contributed by atoms with Gasteiger partial charge < -0.3 is 4.57 Å². The molecule has 0 fully saturated rings. The van der Waals surface area contributed by atoms with E-state index in [0.29, 0.717) is 28.1 Å². The molecule has 1 aromatic heterocycles. The van der Waals surface area contributed by atoms with Gasteiger partial charge >= 0.3 is 0 Å². The maximum atomic E-state index is 12.4. The molecule has 9 heteroatoms. The number of aromatic nitrogens is 3. The lowest BCUT2D eigenvalue weighted by atomic mass is 10.1. The van der Waals surface area contributed by atoms with Crippen molar-refractivity contribution in [2.75, 3.05) is 5.75 Å². The van der Waals surface area contributed by atoms with Crippen LogP contribution in [0, 0.1) is 10.1 Å². The number of hydrogen-bond acceptors (Lipinski definition) is 6. The fourth-order valence-corrected chi connectivity index (χ4v) is 3.52. The van der Waals surface area contributed by atoms with Gasteiger partial charge in [-0.05, 0) is 31.2 Å². The van der Waals surface area contributed by atoms with Crippen LogP contribution in [0.25, 0.3) is 11.4 Å². The van der Waals surface area contributed by atoms with Crippen LogP contribution >= 0.6 is 23.4 Å². The fraction of sp³-hybridized carbons (Fsp3) is 0.167. The molecule has 0 saturated heterocycles. The van der Waals surface area contributed by atoms with Crippen LogP contribution in [0.3, 0.4) is 0 Å². The summed E-state index contributed by atoms with van der Waals surface area (Å²) in [6, 6.07) is 13.0. The maximum absolute atomic E-state index is 12.4. The number of carbonyl (C=O) groups excluding carboxylic acids is 1. The third-order valence-corrected chi connectivity index (χ3v) is 5.07. The SMILES string of the molecule is CCn1c(SCC(=O)c2cccc([N+](=O)[O-])c2)nnc1-c1ccc(Cl)cc1. The lowest BCUT2D eigenvalue weighted by molar-refractivity contribution is -0.384. The molecular formula is C18H15ClN4O3S. The Kier molecular flexibility index (Phi) is 5.88. The number of benzene rings is 2. The number of hydrogen-bond donors (Lipinski definition) is 0. The van der Waals surface area contributed by atoms with Crippen LogP contribution < -0.4 is 0 Å². The average Bonchev–Trinajstić information content (AvgIpc) is 3.09. The summed E-state index contributed by atoms with van der Waals surface area (Å²) in [5.41, 5.74) is 1.08. The van der Waals surface area contributed by atoms with Crippen LogP contribution in [-0.4, -0.2) is 31.2 Å². The lowest BCUT2D eigenvalue weighted by Crippen LogP contribution is -2.05. The molecular weight excluding hydrogens is 388 g/mol. The van der Waals surface area contributed by atoms with Crippen LogP contribution in [-0.2, 0) is 6.54 Å². The van der Waals surface area contributed by atoms with Crippen molar-refractivity contribution in [2.24, 2.45) is 0 Å². The first-order valence-electron chi connectivity index (χ1n) is 8.09. The zero-order valence-electron chi connectivity index (χ0n) is 14.3. The molecule has 138 valence electrons. The summed E-state index contributed by atoms with van der Waals surface area (Å²) >= 11 is 7.18. The molecule has 0 atom stereocenters. The van der Waals surface area contributed by atoms with Gasteiger partial charge in [-0.25, -0.2) is 0 Å². The number of rotatable bonds is 7. The van der Waals surface area contributed by atoms with Gasteiger partial charge in [-0.1, -0.05) is 35.5 Å². The third-order valence-electron chi connectivity index (χ3n) is 3.85. The predicted molar refractivity (Wildman–Crippen MR) is 104 cm³/mol. The zero-order chi connectivity index (χ0) is 19.4. The van der Waals surface area contributed by atoms with Crippen LogP contribution in [0.15, 0.2) is 53.7 Å². The molecule has 0 bridgehead atoms. The molecule has 1 heterocycles. The van der Waals surface area contributed by atoms with Gasteiger partial charge in [-0.2, -0.15) is 0 Å². The highest BCUT2D eigenvalue weighted by Crippen LogP contribution is 2.26. The molecule has 3 rings (SSSR count). The number of non-ortho nitro benzene ring substituents is 1. The Morgan fingerprint density at radius 2 is 1.96 bits per heavy atom. The number of carbonyl (C=O) groups is 1. The van der Waals surface area contributed by atoms with E-state index in [1.54, 1.807) is 18.2 Å². The molecule has 0 N–H and O–H groups in total. The van der Waals surface area contributed by atoms with Crippen LogP contribution in [0.5, 0.6) is 0 Å². The summed E-state index contributed by atoms with van der Waals surface area (Å²) in [4.78, 5) is 22.7. The molecule has 27 heavy (non-hydrogen) atoms. The Morgan fingerprint density at radius 3 is 2.63 bits per heavy atom. The summed E-state index contributed by atoms with van der Waals surface area (Å²) in [5, 5.41) is 20.5. The van der Waals surface area contributed by atoms with E-state index in [4.69, 9.17) is 11.6 Å². The Balaban J connectivity index is 1.76. The molecule has 0 unspecified atom stereocenters. The third kappa shape index (κ3) is 4.35. The second kappa shape index (κ2) is 8.32. The van der Waals surface area contributed by atoms with Gasteiger partial charge in [-0.3, -0.25) is 14.9 Å². The number of nitrogens with zero attached hydrogens (tertiary/aromatic N) is 4. The number of halogens is 1. The summed E-state index contributed by atoms with van der Waals surface area (Å²) in [7, 11) is 0. The van der Waals surface area contributed by atoms with Gasteiger partial charge in [0.1, 0.15) is 0 Å². The van der Waals surface area contributed by atoms with Crippen LogP contribution in [0.1, 0.15) is 17.3 Å². The van der Waals surface area contributed by atoms with Gasteiger partial charge in [-0.15, -0.1) is 10.2 Å². The van der Waals surface area contributed by atoms with Gasteiger partial charge in [0.05, 0.1) is 10.7 Å². The van der Waals surface area contributed by atoms with Gasteiger partial charge in [0.15, 0.2) is 16.8 Å². The normalized spacial score (nSPS) is 10.7. The first-order valence-corrected chi connectivity index (χ1v) is 9.45. The standard InChI is InChI=1S/C18H15ClN4O3S/c1-2-22-17(12-6-8-14(19)9-7-12)20-21-18(22)27-11-16(24)13-4-3-5-15(10-13)23(25)26/h3-10H,2,11H2,1H3. The van der Waals surface area contributed by atoms with Crippen LogP contribution in [0.4, 0.5) is 5.69 Å². The van der Waals surface area contributed by atoms with Gasteiger partial charge in [0.25, 0.3) is 5.69 Å². The summed E-state index contributed by atoms with van der Waals surface area (Å²) in [5.74, 6) is 0.599. The van der Waals surface area contributed by atoms with E-state index in [2.05, 4.69) is 10.2 Å². The molecule has 0 saturated carbocycles. The van der Waals surface area contributed by atoms with Crippen molar-refractivity contribution in [2.45, 2.75) is 18.6 Å². The first-order chi connectivity index (χ1) is 13.0. The van der Waals surface area contributed by atoms with E-state index in [9.17, 15) is 14.9 Å². The second-order valence-corrected chi connectivity index (χ2v) is 6.96. The van der Waals surface area contributed by atoms with Crippen molar-refractivity contribution in [3.63, 3.8) is 0 Å². The second-order valence-electron chi connectivity index (χ2n) is 5.58. The number of Topliss-reactive ketones (excluding diaryl/α,β-unsaturated/α-hetero) is 1. The van der Waals surface area contributed by atoms with Crippen molar-refractivity contribution >= 4 is 34.8 Å². The maximum Gasteiger partial charge on any atom is 0.270 e. The molecule has 0 aliphatic heterocycles. The Morgan fingerprint density at radius 1 is 1.22 bits per heavy atom. The van der Waals surface area contributed by atoms with E-state index in [1.807, 2.05) is 23.6 Å². The highest BCUT2D eigenvalue weighted by Gasteiger charge is 2.16. The van der Waals surface area contributed by atoms with Crippen molar-refractivity contribution in [3.05, 3.63) is 69.2 Å². The lowest BCUT2D eigenvalue weighted by Gasteiger charge is -2.07. The average molecular weight is 403 g/mol. The summed E-state index contributed by atoms with van der Waals surface area (Å²) in [6.45, 7) is 2.60. The summed E-state index contributed by atoms with van der Waals surface area (Å²) in [6.07, 6.45) is 0. The Hall–Kier alpha value is -2.71. The zero-order valence-corrected chi connectivity index (χ0v) is 15.9. The topological polar surface area (TPSA) is 90.9 Å². The van der Waals surface area contributed by atoms with Crippen molar-refractivity contribution in [3.8, 4) is 11.4 Å². The highest BCUT2D eigenvalue weighted by molar-refractivity contribution is 7.99. The van der Waals surface area contributed by atoms with E-state index in [0.717, 1.165) is 5.56 Å². The van der Waals surface area contributed by atoms with E-state index >= 15 is 0 Å². The van der Waals surface area contributed by atoms with E-state index in [1.165, 1.54) is 30.0 Å². The molecule has 0 spiro atoms. The van der Waals surface area contributed by atoms with Crippen molar-refractivity contribution < 1.29 is 9.72 Å². The summed E-state index contributed by atoms with van der Waals surface area (Å²) < 4.78 is 1.91. The highest BCUT2D eigenvalue weighted by atomic mass is 35.5. The first kappa shape index (κ1) is 19.1. The van der Waals surface area contributed by atoms with Crippen molar-refractivity contribution in [1.82, 2.24) is 14.8 Å². The minimum atomic E-state index is -0.518. The Labute approximate surface area is 164 Å². The predicted octanol–water partition coefficient (Wildman–Crippen LogP) is 4.50. The van der Waals surface area contributed by atoms with Gasteiger partial charge in [0, 0.05) is 34.8 Å². The number of thioether (sulfide) groups is 1. The largest absolute Gasteiger partial charge is 0.302 e. The van der Waals surface area contributed by atoms with Gasteiger partial charge in [0.2, 0.25) is 0 Å². The minimum absolute atomic E-state index is 0.104. The molecule has 0 amide bonds. The smallest absolute Gasteiger partial charge is 0.270 e. The molecule has 2 aromatic carbocycles. The minimum Gasteiger partial charge on any atom is -0.302 e. The number of nitro groups is 1. The molecule has 3 aromatic rings. The van der Waals surface area contributed by atoms with Crippen LogP contribution in [0.2, 0.25) is 5.02 Å². The molecule has 0 radical (unpaired) electrons. The number of nitro benzene ring substituents is 1. The van der Waals surface area contributed by atoms with E-state index in [-0.39, 0.29) is 17.2 Å². The molecule has 7 nitrogen and oxygen atoms in total. The Bertz CT molecular complexity index is 989. The quantitative estimate of drug-likeness (QED) is 0.250. The van der Waals surface area contributed by atoms with E-state index < -0.39 is 4.92 Å². The molecule has 0 aliphatic carbocycles.